The first-order valence-corrected chi connectivity index (χ1v) is 7.52. The molecule has 16 heavy (non-hydrogen) atoms. The van der Waals surface area contributed by atoms with E-state index >= 15 is 0 Å². The molecule has 0 bridgehead atoms. The fraction of sp³-hybridized carbons (Fsp3) is 0.667. The molecule has 0 aliphatic heterocycles. The SMILES string of the molecule is Cc1ccnc(SCC(CBr)C(C)(C)C)n1. The van der Waals surface area contributed by atoms with Crippen LogP contribution in [0.3, 0.4) is 0 Å². The van der Waals surface area contributed by atoms with Crippen molar-refractivity contribution in [2.24, 2.45) is 11.3 Å². The quantitative estimate of drug-likeness (QED) is 0.479. The highest BCUT2D eigenvalue weighted by Crippen LogP contribution is 2.31. The maximum atomic E-state index is 4.40. The Kier molecular flexibility index (Phi) is 5.25. The normalized spacial score (nSPS) is 13.8. The van der Waals surface area contributed by atoms with E-state index in [2.05, 4.69) is 46.7 Å². The number of aromatic nitrogens is 2. The Balaban J connectivity index is 2.56. The largest absolute Gasteiger partial charge is 0.231 e. The zero-order valence-corrected chi connectivity index (χ0v) is 12.7. The van der Waals surface area contributed by atoms with Crippen LogP contribution >= 0.6 is 27.7 Å². The minimum Gasteiger partial charge on any atom is -0.231 e. The van der Waals surface area contributed by atoms with Crippen molar-refractivity contribution in [2.45, 2.75) is 32.9 Å². The highest BCUT2D eigenvalue weighted by molar-refractivity contribution is 9.09. The van der Waals surface area contributed by atoms with E-state index in [9.17, 15) is 0 Å². The molecule has 1 rings (SSSR count). The Morgan fingerprint density at radius 3 is 2.62 bits per heavy atom. The molecule has 90 valence electrons. The standard InChI is InChI=1S/C12H19BrN2S/c1-9-5-6-14-11(15-9)16-8-10(7-13)12(2,3)4/h5-6,10H,7-8H2,1-4H3. The van der Waals surface area contributed by atoms with Crippen molar-refractivity contribution < 1.29 is 0 Å². The third kappa shape index (κ3) is 4.42. The molecule has 4 heteroatoms. The van der Waals surface area contributed by atoms with Gasteiger partial charge in [-0.15, -0.1) is 0 Å². The highest BCUT2D eigenvalue weighted by atomic mass is 79.9. The van der Waals surface area contributed by atoms with Crippen LogP contribution in [0.5, 0.6) is 0 Å². The monoisotopic (exact) mass is 302 g/mol. The van der Waals surface area contributed by atoms with Crippen molar-refractivity contribution >= 4 is 27.7 Å². The second-order valence-electron chi connectivity index (χ2n) is 5.01. The maximum Gasteiger partial charge on any atom is 0.187 e. The molecule has 1 aromatic rings. The molecule has 1 unspecified atom stereocenters. The van der Waals surface area contributed by atoms with Crippen LogP contribution in [-0.2, 0) is 0 Å². The average molecular weight is 303 g/mol. The lowest BCUT2D eigenvalue weighted by molar-refractivity contribution is 0.295. The molecule has 0 N–H and O–H groups in total. The predicted octanol–water partition coefficient (Wildman–Crippen LogP) is 3.93. The highest BCUT2D eigenvalue weighted by Gasteiger charge is 2.23. The molecule has 0 saturated heterocycles. The first-order valence-electron chi connectivity index (χ1n) is 5.42. The summed E-state index contributed by atoms with van der Waals surface area (Å²) in [6.07, 6.45) is 1.82. The van der Waals surface area contributed by atoms with Crippen molar-refractivity contribution in [1.82, 2.24) is 9.97 Å². The molecule has 0 spiro atoms. The van der Waals surface area contributed by atoms with Crippen molar-refractivity contribution in [3.8, 4) is 0 Å². The van der Waals surface area contributed by atoms with E-state index in [1.807, 2.05) is 19.2 Å². The maximum absolute atomic E-state index is 4.40. The summed E-state index contributed by atoms with van der Waals surface area (Å²) in [6.45, 7) is 8.82. The van der Waals surface area contributed by atoms with Crippen LogP contribution in [0.1, 0.15) is 26.5 Å². The van der Waals surface area contributed by atoms with E-state index in [0.29, 0.717) is 11.3 Å². The number of nitrogens with zero attached hydrogens (tertiary/aromatic N) is 2. The molecule has 0 aliphatic rings. The van der Waals surface area contributed by atoms with Gasteiger partial charge < -0.3 is 0 Å². The first kappa shape index (κ1) is 14.0. The second kappa shape index (κ2) is 6.01. The Hall–Kier alpha value is -0.0900. The fourth-order valence-corrected chi connectivity index (χ4v) is 4.01. The Labute approximate surface area is 111 Å². The lowest BCUT2D eigenvalue weighted by Gasteiger charge is -2.28. The summed E-state index contributed by atoms with van der Waals surface area (Å²) in [5, 5.41) is 1.91. The van der Waals surface area contributed by atoms with Crippen LogP contribution in [0.25, 0.3) is 0 Å². The van der Waals surface area contributed by atoms with Crippen LogP contribution in [-0.4, -0.2) is 21.1 Å². The van der Waals surface area contributed by atoms with E-state index in [-0.39, 0.29) is 0 Å². The van der Waals surface area contributed by atoms with Gasteiger partial charge in [0, 0.05) is 23.0 Å². The summed E-state index contributed by atoms with van der Waals surface area (Å²) < 4.78 is 0. The van der Waals surface area contributed by atoms with Crippen LogP contribution in [0, 0.1) is 18.3 Å². The van der Waals surface area contributed by atoms with Gasteiger partial charge in [0.1, 0.15) is 0 Å². The summed E-state index contributed by atoms with van der Waals surface area (Å²) >= 11 is 5.33. The summed E-state index contributed by atoms with van der Waals surface area (Å²) in [7, 11) is 0. The smallest absolute Gasteiger partial charge is 0.187 e. The molecule has 2 nitrogen and oxygen atoms in total. The van der Waals surface area contributed by atoms with Crippen LogP contribution in [0.2, 0.25) is 0 Å². The molecule has 0 saturated carbocycles. The van der Waals surface area contributed by atoms with Gasteiger partial charge in [0.25, 0.3) is 0 Å². The van der Waals surface area contributed by atoms with E-state index in [1.165, 1.54) is 0 Å². The van der Waals surface area contributed by atoms with Crippen LogP contribution in [0.15, 0.2) is 17.4 Å². The van der Waals surface area contributed by atoms with Crippen molar-refractivity contribution in [1.29, 1.82) is 0 Å². The zero-order valence-electron chi connectivity index (χ0n) is 10.3. The summed E-state index contributed by atoms with van der Waals surface area (Å²) in [5.41, 5.74) is 1.35. The third-order valence-electron chi connectivity index (χ3n) is 2.60. The summed E-state index contributed by atoms with van der Waals surface area (Å²) in [5.74, 6) is 1.68. The van der Waals surface area contributed by atoms with Gasteiger partial charge in [-0.3, -0.25) is 0 Å². The average Bonchev–Trinajstić information content (AvgIpc) is 2.16. The van der Waals surface area contributed by atoms with Crippen LogP contribution < -0.4 is 0 Å². The second-order valence-corrected chi connectivity index (χ2v) is 6.64. The van der Waals surface area contributed by atoms with Gasteiger partial charge in [-0.2, -0.15) is 0 Å². The predicted molar refractivity (Wildman–Crippen MR) is 74.2 cm³/mol. The Morgan fingerprint density at radius 2 is 2.12 bits per heavy atom. The minimum absolute atomic E-state index is 0.320. The number of aryl methyl sites for hydroxylation is 1. The van der Waals surface area contributed by atoms with Crippen molar-refractivity contribution in [2.75, 3.05) is 11.1 Å². The molecule has 1 atom stereocenters. The van der Waals surface area contributed by atoms with E-state index in [1.54, 1.807) is 11.8 Å². The van der Waals surface area contributed by atoms with Gasteiger partial charge in [-0.1, -0.05) is 48.5 Å². The topological polar surface area (TPSA) is 25.8 Å². The summed E-state index contributed by atoms with van der Waals surface area (Å²) in [4.78, 5) is 8.66. The van der Waals surface area contributed by atoms with Gasteiger partial charge in [0.15, 0.2) is 5.16 Å². The molecular formula is C12H19BrN2S. The Bertz CT molecular complexity index is 336. The summed E-state index contributed by atoms with van der Waals surface area (Å²) in [6, 6.07) is 1.93. The lowest BCUT2D eigenvalue weighted by atomic mass is 9.83. The number of rotatable bonds is 4. The zero-order chi connectivity index (χ0) is 12.2. The van der Waals surface area contributed by atoms with Crippen molar-refractivity contribution in [3.05, 3.63) is 18.0 Å². The van der Waals surface area contributed by atoms with Gasteiger partial charge in [-0.05, 0) is 24.3 Å². The molecule has 1 heterocycles. The van der Waals surface area contributed by atoms with E-state index in [0.717, 1.165) is 21.9 Å². The number of hydrogen-bond donors (Lipinski definition) is 0. The molecular weight excluding hydrogens is 284 g/mol. The van der Waals surface area contributed by atoms with Crippen molar-refractivity contribution in [3.63, 3.8) is 0 Å². The van der Waals surface area contributed by atoms with Crippen LogP contribution in [0.4, 0.5) is 0 Å². The third-order valence-corrected chi connectivity index (χ3v) is 4.40. The fourth-order valence-electron chi connectivity index (χ4n) is 1.20. The molecule has 0 aromatic carbocycles. The van der Waals surface area contributed by atoms with Gasteiger partial charge in [0.05, 0.1) is 0 Å². The molecule has 0 fully saturated rings. The van der Waals surface area contributed by atoms with E-state index < -0.39 is 0 Å². The van der Waals surface area contributed by atoms with Gasteiger partial charge in [0.2, 0.25) is 0 Å². The number of hydrogen-bond acceptors (Lipinski definition) is 3. The Morgan fingerprint density at radius 1 is 1.44 bits per heavy atom. The minimum atomic E-state index is 0.320. The number of alkyl halides is 1. The number of thioether (sulfide) groups is 1. The molecule has 0 radical (unpaired) electrons. The first-order chi connectivity index (χ1) is 7.43. The lowest BCUT2D eigenvalue weighted by Crippen LogP contribution is -2.24. The van der Waals surface area contributed by atoms with Gasteiger partial charge >= 0.3 is 0 Å². The number of halogens is 1. The molecule has 0 aliphatic carbocycles. The molecule has 1 aromatic heterocycles. The van der Waals surface area contributed by atoms with Gasteiger partial charge in [-0.25, -0.2) is 9.97 Å². The molecule has 0 amide bonds. The van der Waals surface area contributed by atoms with E-state index in [4.69, 9.17) is 0 Å².